The van der Waals surface area contributed by atoms with E-state index >= 15 is 0 Å². The molecule has 1 aromatic heterocycles. The van der Waals surface area contributed by atoms with Gasteiger partial charge in [0.05, 0.1) is 0 Å². The van der Waals surface area contributed by atoms with E-state index in [-0.39, 0.29) is 21.8 Å². The molecule has 0 atom stereocenters. The number of aromatic nitrogens is 2. The monoisotopic (exact) mass is 489 g/mol. The zero-order valence-corrected chi connectivity index (χ0v) is 22.0. The fourth-order valence-corrected chi connectivity index (χ4v) is 4.05. The maximum Gasteiger partial charge on any atom is 0.272 e. The molecule has 7 heteroatoms. The predicted molar refractivity (Wildman–Crippen MR) is 149 cm³/mol. The molecule has 0 spiro atoms. The summed E-state index contributed by atoms with van der Waals surface area (Å²) in [5.41, 5.74) is 2.30. The second-order valence-corrected chi connectivity index (χ2v) is 9.77. The summed E-state index contributed by atoms with van der Waals surface area (Å²) >= 11 is 0. The maximum absolute atomic E-state index is 12.6. The molecule has 1 heterocycles. The first-order chi connectivity index (χ1) is 17.3. The summed E-state index contributed by atoms with van der Waals surface area (Å²) < 4.78 is 0. The highest BCUT2D eigenvalue weighted by molar-refractivity contribution is 5.49. The number of aromatic amines is 2. The molecule has 0 amide bonds. The Morgan fingerprint density at radius 1 is 0.639 bits per heavy atom. The summed E-state index contributed by atoms with van der Waals surface area (Å²) in [5.74, 6) is 0. The van der Waals surface area contributed by atoms with Crippen molar-refractivity contribution in [2.24, 2.45) is 0 Å². The number of nitrogens with one attached hydrogen (secondary N) is 2. The number of hydrogen-bond acceptors (Lipinski definition) is 5. The van der Waals surface area contributed by atoms with Crippen LogP contribution in [-0.4, -0.2) is 79.0 Å². The number of H-pyrrole nitrogens is 2. The minimum absolute atomic E-state index is 0.238. The number of benzene rings is 2. The molecule has 3 rings (SSSR count). The van der Waals surface area contributed by atoms with Crippen molar-refractivity contribution < 1.29 is 0 Å². The van der Waals surface area contributed by atoms with E-state index in [0.29, 0.717) is 0 Å². The normalized spacial score (nSPS) is 12.9. The van der Waals surface area contributed by atoms with E-state index in [1.165, 1.54) is 5.56 Å². The van der Waals surface area contributed by atoms with Gasteiger partial charge in [-0.2, -0.15) is 0 Å². The van der Waals surface area contributed by atoms with Crippen molar-refractivity contribution in [3.63, 3.8) is 0 Å². The highest BCUT2D eigenvalue weighted by Crippen LogP contribution is 2.09. The van der Waals surface area contributed by atoms with Crippen LogP contribution in [0.2, 0.25) is 0 Å². The smallest absolute Gasteiger partial charge is 0.272 e. The van der Waals surface area contributed by atoms with E-state index in [2.05, 4.69) is 65.0 Å². The Kier molecular flexibility index (Phi) is 10.4. The molecule has 7 nitrogen and oxygen atoms in total. The average Bonchev–Trinajstić information content (AvgIpc) is 2.83. The fraction of sp³-hybridized carbons (Fsp3) is 0.379. The molecule has 0 fully saturated rings. The molecule has 0 unspecified atom stereocenters. The molecule has 0 aliphatic carbocycles. The Balaban J connectivity index is 1.73. The van der Waals surface area contributed by atoms with Gasteiger partial charge in [0, 0.05) is 6.54 Å². The topological polar surface area (TPSA) is 75.4 Å². The van der Waals surface area contributed by atoms with Crippen LogP contribution >= 0.6 is 0 Å². The van der Waals surface area contributed by atoms with Crippen LogP contribution in [-0.2, 0) is 6.54 Å². The molecule has 192 valence electrons. The molecule has 0 radical (unpaired) electrons. The van der Waals surface area contributed by atoms with Gasteiger partial charge in [-0.05, 0) is 96.1 Å². The maximum atomic E-state index is 12.6. The lowest BCUT2D eigenvalue weighted by Gasteiger charge is -2.24. The molecular weight excluding hydrogens is 450 g/mol. The van der Waals surface area contributed by atoms with Gasteiger partial charge in [-0.25, -0.2) is 0 Å². The average molecular weight is 490 g/mol. The van der Waals surface area contributed by atoms with E-state index in [1.807, 2.05) is 42.5 Å². The molecule has 36 heavy (non-hydrogen) atoms. The summed E-state index contributed by atoms with van der Waals surface area (Å²) in [6, 6.07) is 17.6. The quantitative estimate of drug-likeness (QED) is 0.403. The van der Waals surface area contributed by atoms with Crippen LogP contribution in [0.15, 0.2) is 64.2 Å². The summed E-state index contributed by atoms with van der Waals surface area (Å²) in [5, 5.41) is 0.481. The van der Waals surface area contributed by atoms with Gasteiger partial charge >= 0.3 is 0 Å². The highest BCUT2D eigenvalue weighted by atomic mass is 16.1. The largest absolute Gasteiger partial charge is 0.316 e. The first-order valence-electron chi connectivity index (χ1n) is 12.5. The van der Waals surface area contributed by atoms with Crippen LogP contribution in [0.4, 0.5) is 0 Å². The summed E-state index contributed by atoms with van der Waals surface area (Å²) in [6.07, 6.45) is 5.65. The predicted octanol–water partition coefficient (Wildman–Crippen LogP) is 1.43. The van der Waals surface area contributed by atoms with Crippen LogP contribution < -0.4 is 21.8 Å². The molecule has 3 aromatic rings. The van der Waals surface area contributed by atoms with Crippen molar-refractivity contribution in [2.45, 2.75) is 19.4 Å². The molecule has 0 bridgehead atoms. The molecular formula is C29H39N5O2. The number of hydrogen-bond donors (Lipinski definition) is 2. The van der Waals surface area contributed by atoms with Gasteiger partial charge in [0.2, 0.25) is 0 Å². The zero-order chi connectivity index (χ0) is 25.9. The van der Waals surface area contributed by atoms with Crippen LogP contribution in [0.1, 0.15) is 29.5 Å². The van der Waals surface area contributed by atoms with Gasteiger partial charge in [-0.3, -0.25) is 14.5 Å². The van der Waals surface area contributed by atoms with E-state index in [0.717, 1.165) is 56.7 Å². The Morgan fingerprint density at radius 2 is 1.11 bits per heavy atom. The van der Waals surface area contributed by atoms with Crippen molar-refractivity contribution in [3.8, 4) is 0 Å². The third kappa shape index (κ3) is 9.07. The second kappa shape index (κ2) is 13.7. The Labute approximate surface area is 213 Å². The van der Waals surface area contributed by atoms with E-state index < -0.39 is 0 Å². The Bertz CT molecular complexity index is 1290. The molecule has 2 N–H and O–H groups in total. The third-order valence-corrected chi connectivity index (χ3v) is 5.95. The zero-order valence-electron chi connectivity index (χ0n) is 22.0. The third-order valence-electron chi connectivity index (χ3n) is 5.95. The van der Waals surface area contributed by atoms with Gasteiger partial charge in [-0.15, -0.1) is 0 Å². The van der Waals surface area contributed by atoms with Gasteiger partial charge in [0.15, 0.2) is 0 Å². The first kappa shape index (κ1) is 27.3. The van der Waals surface area contributed by atoms with Gasteiger partial charge in [0.25, 0.3) is 11.1 Å². The van der Waals surface area contributed by atoms with E-state index in [1.54, 1.807) is 12.2 Å². The molecule has 2 aromatic carbocycles. The lowest BCUT2D eigenvalue weighted by Crippen LogP contribution is -2.46. The standard InChI is InChI=1S/C29H39N5O2/c1-32(2)16-8-18-34(19-9-17-33(3)4)22-25-14-12-24(13-15-25)21-27-29(36)30-26(28(35)31-27)20-23-10-6-5-7-11-23/h5-7,10-15,20-21H,8-9,16-19,22H2,1-4H3,(H,30,36)(H,31,35). The molecule has 0 saturated carbocycles. The molecule has 0 aliphatic rings. The SMILES string of the molecule is CN(C)CCCN(CCCN(C)C)Cc1ccc(C=c2[nH]c(=O)c(=Cc3ccccc3)[nH]c2=O)cc1. The van der Waals surface area contributed by atoms with Crippen LogP contribution in [0, 0.1) is 0 Å². The highest BCUT2D eigenvalue weighted by Gasteiger charge is 2.07. The van der Waals surface area contributed by atoms with E-state index in [4.69, 9.17) is 0 Å². The Morgan fingerprint density at radius 3 is 1.58 bits per heavy atom. The lowest BCUT2D eigenvalue weighted by atomic mass is 10.1. The van der Waals surface area contributed by atoms with Crippen LogP contribution in [0.25, 0.3) is 12.2 Å². The summed E-state index contributed by atoms with van der Waals surface area (Å²) in [4.78, 5) is 37.5. The minimum atomic E-state index is -0.326. The number of rotatable bonds is 12. The van der Waals surface area contributed by atoms with Gasteiger partial charge in [0.1, 0.15) is 10.7 Å². The Hall–Kier alpha value is -3.26. The van der Waals surface area contributed by atoms with Crippen molar-refractivity contribution in [2.75, 3.05) is 54.4 Å². The van der Waals surface area contributed by atoms with Gasteiger partial charge in [-0.1, -0.05) is 54.6 Å². The fourth-order valence-electron chi connectivity index (χ4n) is 4.05. The van der Waals surface area contributed by atoms with Gasteiger partial charge < -0.3 is 19.8 Å². The second-order valence-electron chi connectivity index (χ2n) is 9.77. The summed E-state index contributed by atoms with van der Waals surface area (Å²) in [7, 11) is 8.44. The summed E-state index contributed by atoms with van der Waals surface area (Å²) in [6.45, 7) is 5.16. The first-order valence-corrected chi connectivity index (χ1v) is 12.5. The molecule has 0 saturated heterocycles. The van der Waals surface area contributed by atoms with Crippen LogP contribution in [0.3, 0.4) is 0 Å². The van der Waals surface area contributed by atoms with Crippen molar-refractivity contribution in [1.29, 1.82) is 0 Å². The van der Waals surface area contributed by atoms with Crippen molar-refractivity contribution in [3.05, 3.63) is 103 Å². The minimum Gasteiger partial charge on any atom is -0.316 e. The molecule has 0 aliphatic heterocycles. The van der Waals surface area contributed by atoms with Crippen LogP contribution in [0.5, 0.6) is 0 Å². The van der Waals surface area contributed by atoms with Crippen molar-refractivity contribution in [1.82, 2.24) is 24.7 Å². The van der Waals surface area contributed by atoms with Crippen molar-refractivity contribution >= 4 is 12.2 Å². The lowest BCUT2D eigenvalue weighted by molar-refractivity contribution is 0.234. The number of nitrogens with zero attached hydrogens (tertiary/aromatic N) is 3. The van der Waals surface area contributed by atoms with E-state index in [9.17, 15) is 9.59 Å².